The lowest BCUT2D eigenvalue weighted by Crippen LogP contribution is -2.08. The number of ether oxygens (including phenoxy) is 2. The summed E-state index contributed by atoms with van der Waals surface area (Å²) in [5, 5.41) is 0. The van der Waals surface area contributed by atoms with Crippen LogP contribution in [0.1, 0.15) is 0 Å². The maximum atomic E-state index is 10.6. The third-order valence-corrected chi connectivity index (χ3v) is 0.957. The average molecular weight is 171 g/mol. The van der Waals surface area contributed by atoms with Crippen LogP contribution in [0.2, 0.25) is 0 Å². The standard InChI is InChI=1S/C7H9NO4/c1-6(7(10)11-2)12-4-3-8-5-9/h1,3-4H2,2H3. The van der Waals surface area contributed by atoms with Gasteiger partial charge in [-0.3, -0.25) is 0 Å². The molecule has 0 unspecified atom stereocenters. The second-order valence-corrected chi connectivity index (χ2v) is 1.74. The number of nitrogens with zero attached hydrogens (tertiary/aromatic N) is 1. The van der Waals surface area contributed by atoms with Crippen LogP contribution in [-0.4, -0.2) is 32.3 Å². The zero-order valence-electron chi connectivity index (χ0n) is 6.70. The summed E-state index contributed by atoms with van der Waals surface area (Å²) in [6.07, 6.45) is 1.33. The van der Waals surface area contributed by atoms with E-state index in [1.54, 1.807) is 0 Å². The maximum Gasteiger partial charge on any atom is 0.372 e. The first-order valence-electron chi connectivity index (χ1n) is 3.16. The van der Waals surface area contributed by atoms with Gasteiger partial charge in [0.05, 0.1) is 13.7 Å². The Morgan fingerprint density at radius 2 is 2.33 bits per heavy atom. The van der Waals surface area contributed by atoms with Gasteiger partial charge in [0, 0.05) is 0 Å². The third kappa shape index (κ3) is 4.24. The lowest BCUT2D eigenvalue weighted by Gasteiger charge is -2.03. The number of methoxy groups -OCH3 is 1. The first-order chi connectivity index (χ1) is 5.72. The highest BCUT2D eigenvalue weighted by Gasteiger charge is 2.06. The molecule has 66 valence electrons. The number of aliphatic imine (C=N–C) groups is 1. The molecular weight excluding hydrogens is 162 g/mol. The fourth-order valence-electron chi connectivity index (χ4n) is 0.433. The normalized spacial score (nSPS) is 8.08. The zero-order chi connectivity index (χ0) is 9.40. The first kappa shape index (κ1) is 10.4. The van der Waals surface area contributed by atoms with Crippen molar-refractivity contribution >= 4 is 12.0 Å². The quantitative estimate of drug-likeness (QED) is 0.146. The van der Waals surface area contributed by atoms with E-state index < -0.39 is 5.97 Å². The lowest BCUT2D eigenvalue weighted by molar-refractivity contribution is -0.140. The zero-order valence-corrected chi connectivity index (χ0v) is 6.70. The molecule has 0 rings (SSSR count). The molecule has 0 atom stereocenters. The average Bonchev–Trinajstić information content (AvgIpc) is 2.10. The number of esters is 1. The molecule has 5 nitrogen and oxygen atoms in total. The molecule has 0 aromatic carbocycles. The van der Waals surface area contributed by atoms with Crippen LogP contribution in [0.4, 0.5) is 0 Å². The summed E-state index contributed by atoms with van der Waals surface area (Å²) in [4.78, 5) is 23.4. The van der Waals surface area contributed by atoms with E-state index in [0.717, 1.165) is 0 Å². The van der Waals surface area contributed by atoms with Gasteiger partial charge in [-0.25, -0.2) is 14.6 Å². The van der Waals surface area contributed by atoms with Gasteiger partial charge in [-0.1, -0.05) is 0 Å². The largest absolute Gasteiger partial charge is 0.485 e. The second kappa shape index (κ2) is 6.12. The Bertz CT molecular complexity index is 217. The molecule has 0 aliphatic carbocycles. The first-order valence-corrected chi connectivity index (χ1v) is 3.16. The van der Waals surface area contributed by atoms with Crippen LogP contribution >= 0.6 is 0 Å². The van der Waals surface area contributed by atoms with Crippen LogP contribution in [-0.2, 0) is 19.1 Å². The minimum atomic E-state index is -0.634. The Morgan fingerprint density at radius 1 is 1.67 bits per heavy atom. The molecular formula is C7H9NO4. The molecule has 0 aromatic rings. The monoisotopic (exact) mass is 171 g/mol. The molecule has 12 heavy (non-hydrogen) atoms. The minimum Gasteiger partial charge on any atom is -0.485 e. The Morgan fingerprint density at radius 3 is 2.83 bits per heavy atom. The summed E-state index contributed by atoms with van der Waals surface area (Å²) in [7, 11) is 1.22. The van der Waals surface area contributed by atoms with Crippen LogP contribution < -0.4 is 0 Å². The summed E-state index contributed by atoms with van der Waals surface area (Å²) >= 11 is 0. The molecule has 0 fully saturated rings. The van der Waals surface area contributed by atoms with Crippen LogP contribution in [0.5, 0.6) is 0 Å². The van der Waals surface area contributed by atoms with E-state index in [1.165, 1.54) is 13.2 Å². The molecule has 0 spiro atoms. The number of rotatable bonds is 5. The van der Waals surface area contributed by atoms with Crippen molar-refractivity contribution in [2.24, 2.45) is 4.99 Å². The smallest absolute Gasteiger partial charge is 0.372 e. The van der Waals surface area contributed by atoms with E-state index in [2.05, 4.69) is 16.3 Å². The van der Waals surface area contributed by atoms with Gasteiger partial charge in [-0.05, 0) is 6.58 Å². The third-order valence-electron chi connectivity index (χ3n) is 0.957. The number of hydrogen-bond donors (Lipinski definition) is 0. The summed E-state index contributed by atoms with van der Waals surface area (Å²) in [5.74, 6) is -0.733. The molecule has 0 bridgehead atoms. The van der Waals surface area contributed by atoms with E-state index in [-0.39, 0.29) is 18.9 Å². The Labute approximate surface area is 69.7 Å². The van der Waals surface area contributed by atoms with Crippen molar-refractivity contribution in [3.05, 3.63) is 12.3 Å². The predicted octanol–water partition coefficient (Wildman–Crippen LogP) is 0.0255. The SMILES string of the molecule is C=C(OCCN=C=O)C(=O)OC. The fraction of sp³-hybridized carbons (Fsp3) is 0.429. The molecule has 0 amide bonds. The van der Waals surface area contributed by atoms with E-state index in [0.29, 0.717) is 0 Å². The molecule has 0 saturated carbocycles. The van der Waals surface area contributed by atoms with Gasteiger partial charge in [0.2, 0.25) is 6.08 Å². The number of carbonyl (C=O) groups is 1. The molecule has 0 aliphatic heterocycles. The van der Waals surface area contributed by atoms with Gasteiger partial charge in [0.15, 0.2) is 5.76 Å². The fourth-order valence-corrected chi connectivity index (χ4v) is 0.433. The second-order valence-electron chi connectivity index (χ2n) is 1.74. The van der Waals surface area contributed by atoms with Crippen molar-refractivity contribution in [1.29, 1.82) is 0 Å². The Hall–Kier alpha value is -1.61. The van der Waals surface area contributed by atoms with Crippen molar-refractivity contribution < 1.29 is 19.1 Å². The van der Waals surface area contributed by atoms with Crippen molar-refractivity contribution in [2.45, 2.75) is 0 Å². The van der Waals surface area contributed by atoms with Crippen LogP contribution in [0.3, 0.4) is 0 Å². The molecule has 0 aliphatic rings. The molecule has 0 radical (unpaired) electrons. The molecule has 5 heteroatoms. The molecule has 0 aromatic heterocycles. The van der Waals surface area contributed by atoms with Gasteiger partial charge in [0.25, 0.3) is 0 Å². The van der Waals surface area contributed by atoms with Crippen molar-refractivity contribution in [1.82, 2.24) is 0 Å². The van der Waals surface area contributed by atoms with Crippen molar-refractivity contribution in [3.8, 4) is 0 Å². The highest BCUT2D eigenvalue weighted by molar-refractivity contribution is 5.85. The van der Waals surface area contributed by atoms with E-state index >= 15 is 0 Å². The van der Waals surface area contributed by atoms with E-state index in [1.807, 2.05) is 0 Å². The van der Waals surface area contributed by atoms with Crippen LogP contribution in [0.25, 0.3) is 0 Å². The van der Waals surface area contributed by atoms with Gasteiger partial charge < -0.3 is 9.47 Å². The minimum absolute atomic E-state index is 0.0985. The van der Waals surface area contributed by atoms with Gasteiger partial charge in [-0.15, -0.1) is 0 Å². The number of isocyanates is 1. The van der Waals surface area contributed by atoms with Crippen molar-refractivity contribution in [2.75, 3.05) is 20.3 Å². The topological polar surface area (TPSA) is 65.0 Å². The summed E-state index contributed by atoms with van der Waals surface area (Å²) in [6.45, 7) is 3.55. The highest BCUT2D eigenvalue weighted by Crippen LogP contribution is 1.95. The Kier molecular flexibility index (Phi) is 5.30. The summed E-state index contributed by atoms with van der Waals surface area (Å²) < 4.78 is 9.05. The summed E-state index contributed by atoms with van der Waals surface area (Å²) in [5.41, 5.74) is 0. The van der Waals surface area contributed by atoms with Gasteiger partial charge >= 0.3 is 5.97 Å². The molecule has 0 N–H and O–H groups in total. The molecule has 0 saturated heterocycles. The predicted molar refractivity (Wildman–Crippen MR) is 40.1 cm³/mol. The Balaban J connectivity index is 3.57. The lowest BCUT2D eigenvalue weighted by atomic mass is 10.5. The number of hydrogen-bond acceptors (Lipinski definition) is 5. The maximum absolute atomic E-state index is 10.6. The highest BCUT2D eigenvalue weighted by atomic mass is 16.6. The van der Waals surface area contributed by atoms with E-state index in [9.17, 15) is 9.59 Å². The summed E-state index contributed by atoms with van der Waals surface area (Å²) in [6, 6.07) is 0. The number of carbonyl (C=O) groups excluding carboxylic acids is 2. The van der Waals surface area contributed by atoms with Gasteiger partial charge in [0.1, 0.15) is 6.61 Å². The van der Waals surface area contributed by atoms with Gasteiger partial charge in [-0.2, -0.15) is 0 Å². The van der Waals surface area contributed by atoms with Crippen molar-refractivity contribution in [3.63, 3.8) is 0 Å². The van der Waals surface area contributed by atoms with E-state index in [4.69, 9.17) is 4.74 Å². The molecule has 0 heterocycles. The van der Waals surface area contributed by atoms with Crippen LogP contribution in [0, 0.1) is 0 Å². The van der Waals surface area contributed by atoms with Crippen LogP contribution in [0.15, 0.2) is 17.3 Å².